The van der Waals surface area contributed by atoms with Gasteiger partial charge in [-0.1, -0.05) is 24.3 Å². The molecule has 0 amide bonds. The topological polar surface area (TPSA) is 70.0 Å². The third-order valence-corrected chi connectivity index (χ3v) is 3.59. The summed E-state index contributed by atoms with van der Waals surface area (Å²) in [6.07, 6.45) is -0.186. The number of carboxylic acids is 1. The molecule has 110 valence electrons. The molecule has 0 fully saturated rings. The van der Waals surface area contributed by atoms with Crippen molar-refractivity contribution in [2.24, 2.45) is 0 Å². The van der Waals surface area contributed by atoms with Crippen LogP contribution in [0.5, 0.6) is 0 Å². The van der Waals surface area contributed by atoms with Gasteiger partial charge in [0.15, 0.2) is 0 Å². The fraction of sp³-hybridized carbons (Fsp3) is 0.533. The number of β-amino-alcohol motifs (C(OH)–C–C–N with tert-alkyl or cyclic N) is 1. The van der Waals surface area contributed by atoms with Gasteiger partial charge in [0, 0.05) is 19.7 Å². The van der Waals surface area contributed by atoms with Gasteiger partial charge in [-0.15, -0.1) is 0 Å². The van der Waals surface area contributed by atoms with Crippen LogP contribution in [0, 0.1) is 0 Å². The van der Waals surface area contributed by atoms with E-state index in [4.69, 9.17) is 4.74 Å². The maximum atomic E-state index is 11.4. The van der Waals surface area contributed by atoms with E-state index in [0.717, 1.165) is 11.1 Å². The second kappa shape index (κ2) is 6.83. The Balaban J connectivity index is 2.08. The van der Waals surface area contributed by atoms with Crippen molar-refractivity contribution >= 4 is 5.97 Å². The van der Waals surface area contributed by atoms with Crippen LogP contribution in [0.4, 0.5) is 0 Å². The minimum atomic E-state index is -0.844. The van der Waals surface area contributed by atoms with Gasteiger partial charge in [0.1, 0.15) is 6.04 Å². The van der Waals surface area contributed by atoms with Crippen LogP contribution < -0.4 is 0 Å². The van der Waals surface area contributed by atoms with Crippen molar-refractivity contribution in [2.75, 3.05) is 19.8 Å². The number of fused-ring (bicyclic) bond motifs is 1. The Morgan fingerprint density at radius 1 is 1.45 bits per heavy atom. The van der Waals surface area contributed by atoms with Gasteiger partial charge in [0.2, 0.25) is 0 Å². The van der Waals surface area contributed by atoms with Crippen LogP contribution in [0.1, 0.15) is 18.1 Å². The third-order valence-electron chi connectivity index (χ3n) is 3.59. The lowest BCUT2D eigenvalue weighted by molar-refractivity contribution is -0.144. The SMILES string of the molecule is CCOCC(O)CN1Cc2ccccc2CC1C(=O)O. The van der Waals surface area contributed by atoms with Gasteiger partial charge < -0.3 is 14.9 Å². The molecule has 0 aromatic heterocycles. The highest BCUT2D eigenvalue weighted by Crippen LogP contribution is 2.23. The zero-order valence-corrected chi connectivity index (χ0v) is 11.7. The standard InChI is InChI=1S/C15H21NO4/c1-2-20-10-13(17)9-16-8-12-6-4-3-5-11(12)7-14(16)15(18)19/h3-6,13-14,17H,2,7-10H2,1H3,(H,18,19). The first kappa shape index (κ1) is 15.0. The number of nitrogens with zero attached hydrogens (tertiary/aromatic N) is 1. The molecule has 0 saturated heterocycles. The molecule has 2 rings (SSSR count). The van der Waals surface area contributed by atoms with Crippen LogP contribution in [0.2, 0.25) is 0 Å². The number of hydrogen-bond donors (Lipinski definition) is 2. The number of carbonyl (C=O) groups is 1. The van der Waals surface area contributed by atoms with Gasteiger partial charge in [-0.3, -0.25) is 9.69 Å². The molecule has 1 aromatic carbocycles. The first-order chi connectivity index (χ1) is 9.61. The fourth-order valence-corrected chi connectivity index (χ4v) is 2.59. The van der Waals surface area contributed by atoms with Crippen LogP contribution in [0.25, 0.3) is 0 Å². The molecule has 2 N–H and O–H groups in total. The molecule has 1 aliphatic rings. The Kier molecular flexibility index (Phi) is 5.11. The molecule has 2 unspecified atom stereocenters. The van der Waals surface area contributed by atoms with E-state index in [9.17, 15) is 15.0 Å². The van der Waals surface area contributed by atoms with Gasteiger partial charge in [-0.2, -0.15) is 0 Å². The van der Waals surface area contributed by atoms with Crippen LogP contribution in [-0.2, 0) is 22.5 Å². The summed E-state index contributed by atoms with van der Waals surface area (Å²) >= 11 is 0. The number of hydrogen-bond acceptors (Lipinski definition) is 4. The lowest BCUT2D eigenvalue weighted by Crippen LogP contribution is -2.49. The predicted molar refractivity (Wildman–Crippen MR) is 74.5 cm³/mol. The number of aliphatic hydroxyl groups is 1. The van der Waals surface area contributed by atoms with E-state index in [1.807, 2.05) is 36.1 Å². The van der Waals surface area contributed by atoms with Crippen molar-refractivity contribution in [3.63, 3.8) is 0 Å². The van der Waals surface area contributed by atoms with Crippen molar-refractivity contribution in [1.29, 1.82) is 0 Å². The highest BCUT2D eigenvalue weighted by atomic mass is 16.5. The summed E-state index contributed by atoms with van der Waals surface area (Å²) in [6, 6.07) is 7.28. The first-order valence-corrected chi connectivity index (χ1v) is 6.91. The van der Waals surface area contributed by atoms with E-state index in [2.05, 4.69) is 0 Å². The minimum Gasteiger partial charge on any atom is -0.480 e. The normalized spacial score (nSPS) is 20.4. The number of aliphatic hydroxyl groups excluding tert-OH is 1. The second-order valence-electron chi connectivity index (χ2n) is 5.07. The monoisotopic (exact) mass is 279 g/mol. The Bertz CT molecular complexity index is 463. The molecule has 0 aliphatic carbocycles. The molecule has 5 nitrogen and oxygen atoms in total. The molecule has 0 saturated carbocycles. The molecule has 0 bridgehead atoms. The van der Waals surface area contributed by atoms with Crippen molar-refractivity contribution < 1.29 is 19.7 Å². The summed E-state index contributed by atoms with van der Waals surface area (Å²) < 4.78 is 5.18. The molecule has 1 heterocycles. The lowest BCUT2D eigenvalue weighted by Gasteiger charge is -2.35. The van der Waals surface area contributed by atoms with Gasteiger partial charge in [-0.25, -0.2) is 0 Å². The fourth-order valence-electron chi connectivity index (χ4n) is 2.59. The summed E-state index contributed by atoms with van der Waals surface area (Å²) in [6.45, 7) is 3.51. The predicted octanol–water partition coefficient (Wildman–Crippen LogP) is 0.895. The van der Waals surface area contributed by atoms with Crippen LogP contribution >= 0.6 is 0 Å². The molecule has 0 spiro atoms. The summed E-state index contributed by atoms with van der Waals surface area (Å²) in [4.78, 5) is 13.2. The zero-order chi connectivity index (χ0) is 14.5. The molecule has 20 heavy (non-hydrogen) atoms. The Morgan fingerprint density at radius 2 is 2.15 bits per heavy atom. The van der Waals surface area contributed by atoms with Gasteiger partial charge >= 0.3 is 5.97 Å². The van der Waals surface area contributed by atoms with Crippen molar-refractivity contribution in [3.05, 3.63) is 35.4 Å². The summed E-state index contributed by atoms with van der Waals surface area (Å²) in [5.74, 6) is -0.844. The van der Waals surface area contributed by atoms with E-state index >= 15 is 0 Å². The molecule has 1 aromatic rings. The van der Waals surface area contributed by atoms with Crippen molar-refractivity contribution in [1.82, 2.24) is 4.90 Å². The van der Waals surface area contributed by atoms with Crippen LogP contribution in [0.15, 0.2) is 24.3 Å². The highest BCUT2D eigenvalue weighted by Gasteiger charge is 2.32. The lowest BCUT2D eigenvalue weighted by atomic mass is 9.94. The van der Waals surface area contributed by atoms with Crippen LogP contribution in [0.3, 0.4) is 0 Å². The minimum absolute atomic E-state index is 0.237. The average molecular weight is 279 g/mol. The van der Waals surface area contributed by atoms with E-state index < -0.39 is 18.1 Å². The number of benzene rings is 1. The molecular weight excluding hydrogens is 258 g/mol. The largest absolute Gasteiger partial charge is 0.480 e. The van der Waals surface area contributed by atoms with Gasteiger partial charge in [0.25, 0.3) is 0 Å². The molecule has 5 heteroatoms. The van der Waals surface area contributed by atoms with Crippen molar-refractivity contribution in [2.45, 2.75) is 32.0 Å². The first-order valence-electron chi connectivity index (χ1n) is 6.91. The second-order valence-corrected chi connectivity index (χ2v) is 5.07. The number of aliphatic carboxylic acids is 1. The average Bonchev–Trinajstić information content (AvgIpc) is 2.44. The molecule has 1 aliphatic heterocycles. The number of ether oxygens (including phenoxy) is 1. The Labute approximate surface area is 118 Å². The van der Waals surface area contributed by atoms with E-state index in [-0.39, 0.29) is 6.61 Å². The van der Waals surface area contributed by atoms with E-state index in [1.54, 1.807) is 0 Å². The maximum absolute atomic E-state index is 11.4. The summed E-state index contributed by atoms with van der Waals surface area (Å²) in [7, 11) is 0. The number of rotatable bonds is 6. The molecular formula is C15H21NO4. The summed E-state index contributed by atoms with van der Waals surface area (Å²) in [5.41, 5.74) is 2.21. The van der Waals surface area contributed by atoms with E-state index in [0.29, 0.717) is 26.1 Å². The molecule has 2 atom stereocenters. The number of carboxylic acid groups (broad SMARTS) is 1. The molecule has 0 radical (unpaired) electrons. The van der Waals surface area contributed by atoms with Gasteiger partial charge in [0.05, 0.1) is 12.7 Å². The quantitative estimate of drug-likeness (QED) is 0.809. The van der Waals surface area contributed by atoms with Gasteiger partial charge in [-0.05, 0) is 24.5 Å². The smallest absolute Gasteiger partial charge is 0.321 e. The maximum Gasteiger partial charge on any atom is 0.321 e. The van der Waals surface area contributed by atoms with Crippen molar-refractivity contribution in [3.8, 4) is 0 Å². The Hall–Kier alpha value is -1.43. The zero-order valence-electron chi connectivity index (χ0n) is 11.7. The van der Waals surface area contributed by atoms with Crippen LogP contribution in [-0.4, -0.2) is 53.0 Å². The Morgan fingerprint density at radius 3 is 2.80 bits per heavy atom. The van der Waals surface area contributed by atoms with E-state index in [1.165, 1.54) is 0 Å². The third kappa shape index (κ3) is 3.56. The summed E-state index contributed by atoms with van der Waals surface area (Å²) in [5, 5.41) is 19.3. The highest BCUT2D eigenvalue weighted by molar-refractivity contribution is 5.74.